The summed E-state index contributed by atoms with van der Waals surface area (Å²) in [6.07, 6.45) is 0. The summed E-state index contributed by atoms with van der Waals surface area (Å²) in [6, 6.07) is 4.84. The van der Waals surface area contributed by atoms with Crippen LogP contribution in [0, 0.1) is 5.41 Å². The third-order valence-corrected chi connectivity index (χ3v) is 2.69. The molecule has 0 aromatic heterocycles. The number of halogens is 1. The Hall–Kier alpha value is -1.59. The van der Waals surface area contributed by atoms with E-state index in [1.54, 1.807) is 39.0 Å². The highest BCUT2D eigenvalue weighted by Crippen LogP contribution is 2.27. The van der Waals surface area contributed by atoms with Crippen LogP contribution >= 0.6 is 11.6 Å². The molecule has 0 fully saturated rings. The molecule has 0 radical (unpaired) electrons. The zero-order valence-corrected chi connectivity index (χ0v) is 12.0. The first kappa shape index (κ1) is 15.5. The van der Waals surface area contributed by atoms with Crippen molar-refractivity contribution in [1.82, 2.24) is 0 Å². The quantitative estimate of drug-likeness (QED) is 0.795. The summed E-state index contributed by atoms with van der Waals surface area (Å²) in [4.78, 5) is 23.1. The number of amides is 2. The molecule has 0 saturated heterocycles. The first-order valence-corrected chi connectivity index (χ1v) is 6.23. The van der Waals surface area contributed by atoms with E-state index < -0.39 is 5.41 Å². The van der Waals surface area contributed by atoms with Crippen LogP contribution in [0.5, 0.6) is 0 Å². The third-order valence-electron chi connectivity index (χ3n) is 2.36. The number of rotatable bonds is 3. The maximum atomic E-state index is 11.9. The lowest BCUT2D eigenvalue weighted by Crippen LogP contribution is -2.28. The zero-order chi connectivity index (χ0) is 14.6. The van der Waals surface area contributed by atoms with Crippen LogP contribution in [0.2, 0.25) is 5.02 Å². The molecule has 0 atom stereocenters. The molecule has 1 aromatic rings. The Balaban J connectivity index is 2.92. The first-order chi connectivity index (χ1) is 8.74. The molecule has 4 N–H and O–H groups in total. The van der Waals surface area contributed by atoms with Crippen LogP contribution < -0.4 is 16.4 Å². The van der Waals surface area contributed by atoms with E-state index in [9.17, 15) is 9.59 Å². The van der Waals surface area contributed by atoms with Crippen LogP contribution in [0.3, 0.4) is 0 Å². The molecule has 1 aromatic carbocycles. The summed E-state index contributed by atoms with van der Waals surface area (Å²) in [6.45, 7) is 5.30. The summed E-state index contributed by atoms with van der Waals surface area (Å²) in [7, 11) is 0. The topological polar surface area (TPSA) is 84.2 Å². The van der Waals surface area contributed by atoms with Crippen molar-refractivity contribution in [3.8, 4) is 0 Å². The molecule has 5 nitrogen and oxygen atoms in total. The van der Waals surface area contributed by atoms with Gasteiger partial charge < -0.3 is 16.4 Å². The minimum absolute atomic E-state index is 0.105. The van der Waals surface area contributed by atoms with Crippen LogP contribution in [0.4, 0.5) is 11.4 Å². The molecule has 0 unspecified atom stereocenters. The molecule has 104 valence electrons. The van der Waals surface area contributed by atoms with Crippen LogP contribution in [-0.4, -0.2) is 18.4 Å². The van der Waals surface area contributed by atoms with E-state index >= 15 is 0 Å². The maximum Gasteiger partial charge on any atom is 0.238 e. The number of hydrogen-bond acceptors (Lipinski definition) is 3. The van der Waals surface area contributed by atoms with Crippen molar-refractivity contribution in [3.05, 3.63) is 23.2 Å². The van der Waals surface area contributed by atoms with Crippen molar-refractivity contribution in [1.29, 1.82) is 0 Å². The molecule has 0 heterocycles. The van der Waals surface area contributed by atoms with Crippen molar-refractivity contribution in [2.45, 2.75) is 20.8 Å². The minimum Gasteiger partial charge on any atom is -0.325 e. The van der Waals surface area contributed by atoms with E-state index in [0.29, 0.717) is 16.4 Å². The lowest BCUT2D eigenvalue weighted by Gasteiger charge is -2.18. The highest BCUT2D eigenvalue weighted by molar-refractivity contribution is 6.34. The van der Waals surface area contributed by atoms with Crippen molar-refractivity contribution in [2.75, 3.05) is 17.2 Å². The van der Waals surface area contributed by atoms with Gasteiger partial charge in [0.2, 0.25) is 11.8 Å². The Labute approximate surface area is 117 Å². The monoisotopic (exact) mass is 283 g/mol. The maximum absolute atomic E-state index is 11.9. The predicted molar refractivity (Wildman–Crippen MR) is 77.2 cm³/mol. The fourth-order valence-electron chi connectivity index (χ4n) is 1.22. The van der Waals surface area contributed by atoms with E-state index in [0.717, 1.165) is 0 Å². The average Bonchev–Trinajstić information content (AvgIpc) is 2.32. The van der Waals surface area contributed by atoms with Gasteiger partial charge >= 0.3 is 0 Å². The number of anilines is 2. The summed E-state index contributed by atoms with van der Waals surface area (Å²) in [5.74, 6) is -0.466. The molecule has 19 heavy (non-hydrogen) atoms. The second-order valence-corrected chi connectivity index (χ2v) is 5.56. The van der Waals surface area contributed by atoms with Gasteiger partial charge in [0.05, 0.1) is 17.3 Å². The van der Waals surface area contributed by atoms with Gasteiger partial charge in [0, 0.05) is 11.1 Å². The van der Waals surface area contributed by atoms with Gasteiger partial charge in [-0.05, 0) is 18.2 Å². The largest absolute Gasteiger partial charge is 0.325 e. The third kappa shape index (κ3) is 4.54. The Morgan fingerprint density at radius 3 is 2.42 bits per heavy atom. The normalized spacial score (nSPS) is 11.0. The molecule has 6 heteroatoms. The first-order valence-electron chi connectivity index (χ1n) is 5.85. The fraction of sp³-hybridized carbons (Fsp3) is 0.385. The molecule has 0 aliphatic heterocycles. The molecule has 0 bridgehead atoms. The number of carbonyl (C=O) groups is 2. The molecule has 2 amide bonds. The van der Waals surface area contributed by atoms with Gasteiger partial charge in [-0.25, -0.2) is 0 Å². The lowest BCUT2D eigenvalue weighted by molar-refractivity contribution is -0.123. The minimum atomic E-state index is -0.528. The molecule has 0 aliphatic rings. The van der Waals surface area contributed by atoms with E-state index in [4.69, 9.17) is 17.3 Å². The molecule has 1 rings (SSSR count). The highest BCUT2D eigenvalue weighted by Gasteiger charge is 2.22. The Kier molecular flexibility index (Phi) is 4.91. The van der Waals surface area contributed by atoms with Gasteiger partial charge in [0.25, 0.3) is 0 Å². The second-order valence-electron chi connectivity index (χ2n) is 5.15. The molecule has 0 saturated carbocycles. The van der Waals surface area contributed by atoms with E-state index in [1.165, 1.54) is 0 Å². The van der Waals surface area contributed by atoms with Crippen molar-refractivity contribution >= 4 is 34.8 Å². The molecular formula is C13H18ClN3O2. The summed E-state index contributed by atoms with van der Waals surface area (Å²) in [5, 5.41) is 5.73. The number of nitrogens with one attached hydrogen (secondary N) is 2. The van der Waals surface area contributed by atoms with Gasteiger partial charge in [-0.1, -0.05) is 32.4 Å². The summed E-state index contributed by atoms with van der Waals surface area (Å²) < 4.78 is 0. The summed E-state index contributed by atoms with van der Waals surface area (Å²) >= 11 is 6.01. The summed E-state index contributed by atoms with van der Waals surface area (Å²) in [5.41, 5.74) is 5.68. The van der Waals surface area contributed by atoms with Crippen LogP contribution in [-0.2, 0) is 9.59 Å². The van der Waals surface area contributed by atoms with E-state index in [-0.39, 0.29) is 18.4 Å². The average molecular weight is 284 g/mol. The van der Waals surface area contributed by atoms with Gasteiger partial charge in [-0.2, -0.15) is 0 Å². The van der Waals surface area contributed by atoms with Gasteiger partial charge in [-0.3, -0.25) is 9.59 Å². The van der Waals surface area contributed by atoms with Crippen LogP contribution in [0.25, 0.3) is 0 Å². The Bertz CT molecular complexity index is 495. The van der Waals surface area contributed by atoms with Crippen molar-refractivity contribution in [3.63, 3.8) is 0 Å². The fourth-order valence-corrected chi connectivity index (χ4v) is 1.39. The van der Waals surface area contributed by atoms with Crippen molar-refractivity contribution < 1.29 is 9.59 Å². The smallest absolute Gasteiger partial charge is 0.238 e. The van der Waals surface area contributed by atoms with Gasteiger partial charge in [0.1, 0.15) is 0 Å². The number of hydrogen-bond donors (Lipinski definition) is 3. The SMILES string of the molecule is CC(C)(C)C(=O)Nc1cc(NC(=O)CN)ccc1Cl. The molecule has 0 spiro atoms. The second kappa shape index (κ2) is 6.04. The lowest BCUT2D eigenvalue weighted by atomic mass is 9.95. The highest BCUT2D eigenvalue weighted by atomic mass is 35.5. The Morgan fingerprint density at radius 2 is 1.89 bits per heavy atom. The number of benzene rings is 1. The van der Waals surface area contributed by atoms with E-state index in [2.05, 4.69) is 10.6 Å². The van der Waals surface area contributed by atoms with E-state index in [1.807, 2.05) is 0 Å². The number of nitrogens with two attached hydrogens (primary N) is 1. The number of carbonyl (C=O) groups excluding carboxylic acids is 2. The Morgan fingerprint density at radius 1 is 1.26 bits per heavy atom. The molecule has 0 aliphatic carbocycles. The van der Waals surface area contributed by atoms with Crippen molar-refractivity contribution in [2.24, 2.45) is 11.1 Å². The standard InChI is InChI=1S/C13H18ClN3O2/c1-13(2,3)12(19)17-10-6-8(4-5-9(10)14)16-11(18)7-15/h4-6H,7,15H2,1-3H3,(H,16,18)(H,17,19). The van der Waals surface area contributed by atoms with Crippen LogP contribution in [0.1, 0.15) is 20.8 Å². The zero-order valence-electron chi connectivity index (χ0n) is 11.2. The van der Waals surface area contributed by atoms with Gasteiger partial charge in [0.15, 0.2) is 0 Å². The predicted octanol–water partition coefficient (Wildman–Crippen LogP) is 2.22. The van der Waals surface area contributed by atoms with Crippen LogP contribution in [0.15, 0.2) is 18.2 Å². The molecular weight excluding hydrogens is 266 g/mol. The van der Waals surface area contributed by atoms with Gasteiger partial charge in [-0.15, -0.1) is 0 Å².